The number of hydrogen-bond donors (Lipinski definition) is 2. The minimum Gasteiger partial charge on any atom is -0.496 e. The highest BCUT2D eigenvalue weighted by atomic mass is 32.2. The van der Waals surface area contributed by atoms with Crippen molar-refractivity contribution in [2.75, 3.05) is 19.5 Å². The molecular formula is C21H20N4O3S3. The first-order valence-corrected chi connectivity index (χ1v) is 11.7. The lowest BCUT2D eigenvalue weighted by Gasteiger charge is -2.09. The van der Waals surface area contributed by atoms with Crippen molar-refractivity contribution in [1.82, 2.24) is 15.2 Å². The smallest absolute Gasteiger partial charge is 0.251 e. The van der Waals surface area contributed by atoms with Crippen LogP contribution in [0.15, 0.2) is 46.8 Å². The Labute approximate surface area is 193 Å². The van der Waals surface area contributed by atoms with Gasteiger partial charge in [-0.1, -0.05) is 30.0 Å². The molecule has 1 fully saturated rings. The van der Waals surface area contributed by atoms with Crippen molar-refractivity contribution in [3.05, 3.63) is 48.0 Å². The number of thiocarbonyl (C=S) groups is 1. The number of fused-ring (bicyclic) bond motifs is 1. The average molecular weight is 473 g/mol. The molecule has 1 atom stereocenters. The van der Waals surface area contributed by atoms with E-state index >= 15 is 0 Å². The first-order chi connectivity index (χ1) is 14.9. The fourth-order valence-corrected chi connectivity index (χ4v) is 5.51. The Balaban J connectivity index is 1.40. The summed E-state index contributed by atoms with van der Waals surface area (Å²) in [5, 5.41) is 6.06. The number of ether oxygens (including phenoxy) is 1. The van der Waals surface area contributed by atoms with E-state index in [1.165, 1.54) is 4.90 Å². The topological polar surface area (TPSA) is 83.6 Å². The molecule has 2 heterocycles. The zero-order valence-corrected chi connectivity index (χ0v) is 19.3. The number of para-hydroxylation sites is 1. The predicted octanol–water partition coefficient (Wildman–Crippen LogP) is 3.64. The number of thiazole rings is 1. The van der Waals surface area contributed by atoms with Crippen molar-refractivity contribution < 1.29 is 14.3 Å². The van der Waals surface area contributed by atoms with Crippen molar-refractivity contribution in [3.63, 3.8) is 0 Å². The van der Waals surface area contributed by atoms with Gasteiger partial charge in [0.1, 0.15) is 11.8 Å². The number of methoxy groups -OCH3 is 1. The van der Waals surface area contributed by atoms with Crippen LogP contribution in [0.1, 0.15) is 12.0 Å². The zero-order chi connectivity index (χ0) is 22.0. The molecule has 1 aliphatic heterocycles. The van der Waals surface area contributed by atoms with Gasteiger partial charge in [0, 0.05) is 24.1 Å². The summed E-state index contributed by atoms with van der Waals surface area (Å²) in [5.74, 6) is 1.17. The van der Waals surface area contributed by atoms with E-state index in [1.807, 2.05) is 42.5 Å². The molecule has 0 saturated carbocycles. The second-order valence-corrected chi connectivity index (χ2v) is 9.55. The number of rotatable bonds is 7. The van der Waals surface area contributed by atoms with Gasteiger partial charge < -0.3 is 15.4 Å². The number of carbonyl (C=O) groups is 2. The minimum absolute atomic E-state index is 0.0179. The number of thioether (sulfide) groups is 1. The molecule has 1 aliphatic rings. The van der Waals surface area contributed by atoms with Crippen molar-refractivity contribution in [2.45, 2.75) is 22.6 Å². The number of benzene rings is 2. The van der Waals surface area contributed by atoms with Gasteiger partial charge in [-0.2, -0.15) is 0 Å². The largest absolute Gasteiger partial charge is 0.496 e. The van der Waals surface area contributed by atoms with Crippen molar-refractivity contribution in [2.24, 2.45) is 0 Å². The Bertz CT molecular complexity index is 1160. The molecule has 0 aliphatic carbocycles. The summed E-state index contributed by atoms with van der Waals surface area (Å²) in [6, 6.07) is 12.9. The maximum absolute atomic E-state index is 12.4. The van der Waals surface area contributed by atoms with Crippen LogP contribution in [0.3, 0.4) is 0 Å². The van der Waals surface area contributed by atoms with Crippen LogP contribution in [0.25, 0.3) is 10.2 Å². The second kappa shape index (κ2) is 9.21. The maximum Gasteiger partial charge on any atom is 0.251 e. The molecule has 0 spiro atoms. The molecule has 4 rings (SSSR count). The molecule has 2 aromatic carbocycles. The van der Waals surface area contributed by atoms with Gasteiger partial charge in [-0.25, -0.2) is 4.98 Å². The van der Waals surface area contributed by atoms with E-state index in [1.54, 1.807) is 37.3 Å². The average Bonchev–Trinajstić information content (AvgIpc) is 3.27. The van der Waals surface area contributed by atoms with Crippen LogP contribution >= 0.6 is 35.3 Å². The molecule has 31 heavy (non-hydrogen) atoms. The van der Waals surface area contributed by atoms with E-state index in [2.05, 4.69) is 15.6 Å². The Morgan fingerprint density at radius 3 is 2.90 bits per heavy atom. The van der Waals surface area contributed by atoms with Gasteiger partial charge in [0.25, 0.3) is 5.91 Å². The van der Waals surface area contributed by atoms with Gasteiger partial charge >= 0.3 is 0 Å². The molecule has 7 nitrogen and oxygen atoms in total. The molecule has 160 valence electrons. The van der Waals surface area contributed by atoms with Gasteiger partial charge in [-0.05, 0) is 36.5 Å². The lowest BCUT2D eigenvalue weighted by Crippen LogP contribution is -2.33. The zero-order valence-electron chi connectivity index (χ0n) is 16.9. The number of hydrogen-bond acceptors (Lipinski definition) is 7. The minimum atomic E-state index is -0.623. The predicted molar refractivity (Wildman–Crippen MR) is 128 cm³/mol. The van der Waals surface area contributed by atoms with Gasteiger partial charge in [-0.3, -0.25) is 14.5 Å². The van der Waals surface area contributed by atoms with Crippen molar-refractivity contribution in [1.29, 1.82) is 0 Å². The Hall–Kier alpha value is -2.69. The number of aromatic nitrogens is 1. The van der Waals surface area contributed by atoms with Crippen molar-refractivity contribution in [3.8, 4) is 5.75 Å². The van der Waals surface area contributed by atoms with Gasteiger partial charge in [0.15, 0.2) is 9.45 Å². The van der Waals surface area contributed by atoms with E-state index in [9.17, 15) is 9.59 Å². The van der Waals surface area contributed by atoms with E-state index in [-0.39, 0.29) is 18.2 Å². The van der Waals surface area contributed by atoms with Crippen LogP contribution in [0.4, 0.5) is 5.69 Å². The normalized spacial score (nSPS) is 15.9. The van der Waals surface area contributed by atoms with Crippen LogP contribution in [0.5, 0.6) is 5.75 Å². The van der Waals surface area contributed by atoms with E-state index < -0.39 is 6.04 Å². The van der Waals surface area contributed by atoms with E-state index in [4.69, 9.17) is 17.0 Å². The number of anilines is 1. The lowest BCUT2D eigenvalue weighted by atomic mass is 10.2. The first kappa shape index (κ1) is 21.5. The number of nitrogens with one attached hydrogen (secondary N) is 2. The van der Waals surface area contributed by atoms with Gasteiger partial charge in [0.05, 0.1) is 23.7 Å². The van der Waals surface area contributed by atoms with Crippen LogP contribution in [0.2, 0.25) is 0 Å². The van der Waals surface area contributed by atoms with Crippen LogP contribution in [-0.4, -0.2) is 47.0 Å². The van der Waals surface area contributed by atoms with Gasteiger partial charge in [0.2, 0.25) is 5.91 Å². The monoisotopic (exact) mass is 472 g/mol. The molecule has 1 unspecified atom stereocenters. The Kier molecular flexibility index (Phi) is 6.40. The fourth-order valence-electron chi connectivity index (χ4n) is 3.18. The summed E-state index contributed by atoms with van der Waals surface area (Å²) in [6.07, 6.45) is 0.0179. The maximum atomic E-state index is 12.4. The molecular weight excluding hydrogens is 452 g/mol. The Morgan fingerprint density at radius 1 is 1.35 bits per heavy atom. The molecule has 2 N–H and O–H groups in total. The summed E-state index contributed by atoms with van der Waals surface area (Å²) < 4.78 is 7.33. The van der Waals surface area contributed by atoms with Crippen LogP contribution in [0, 0.1) is 0 Å². The van der Waals surface area contributed by atoms with Crippen LogP contribution < -0.4 is 15.4 Å². The van der Waals surface area contributed by atoms with Crippen molar-refractivity contribution >= 4 is 68.1 Å². The number of nitrogens with zero attached hydrogens (tertiary/aromatic N) is 2. The fraction of sp³-hybridized carbons (Fsp3) is 0.238. The highest BCUT2D eigenvalue weighted by Crippen LogP contribution is 2.34. The third-order valence-electron chi connectivity index (χ3n) is 4.82. The summed E-state index contributed by atoms with van der Waals surface area (Å²) in [5.41, 5.74) is 2.66. The number of amides is 2. The quantitative estimate of drug-likeness (QED) is 0.401. The van der Waals surface area contributed by atoms with E-state index in [0.29, 0.717) is 10.8 Å². The highest BCUT2D eigenvalue weighted by Gasteiger charge is 2.34. The summed E-state index contributed by atoms with van der Waals surface area (Å²) in [4.78, 5) is 30.5. The molecule has 10 heteroatoms. The SMILES string of the molecule is COc1ccccc1CSc1nc2ccc(NC(=O)CC3NC(=S)N(C)C3=O)cc2s1. The second-order valence-electron chi connectivity index (χ2n) is 6.91. The number of likely N-dealkylation sites (N-methyl/N-ethyl adjacent to an activating group) is 1. The summed E-state index contributed by atoms with van der Waals surface area (Å²) >= 11 is 8.27. The Morgan fingerprint density at radius 2 is 2.16 bits per heavy atom. The summed E-state index contributed by atoms with van der Waals surface area (Å²) in [7, 11) is 3.26. The van der Waals surface area contributed by atoms with Gasteiger partial charge in [-0.15, -0.1) is 11.3 Å². The lowest BCUT2D eigenvalue weighted by molar-refractivity contribution is -0.128. The third kappa shape index (κ3) is 4.81. The first-order valence-electron chi connectivity index (χ1n) is 9.48. The third-order valence-corrected chi connectivity index (χ3v) is 7.42. The molecule has 3 aromatic rings. The molecule has 1 aromatic heterocycles. The molecule has 0 radical (unpaired) electrons. The standard InChI is InChI=1S/C21H20N4O3S3/c1-25-19(27)15(23-20(25)29)10-18(26)22-13-7-8-14-17(9-13)31-21(24-14)30-11-12-5-3-4-6-16(12)28-2/h3-9,15H,10-11H2,1-2H3,(H,22,26)(H,23,29). The highest BCUT2D eigenvalue weighted by molar-refractivity contribution is 8.00. The number of carbonyl (C=O) groups excluding carboxylic acids is 2. The van der Waals surface area contributed by atoms with Crippen LogP contribution in [-0.2, 0) is 15.3 Å². The summed E-state index contributed by atoms with van der Waals surface area (Å²) in [6.45, 7) is 0. The molecule has 0 bridgehead atoms. The molecule has 1 saturated heterocycles. The molecule has 2 amide bonds. The van der Waals surface area contributed by atoms with E-state index in [0.717, 1.165) is 31.6 Å².